The molecule has 3 heteroatoms. The highest BCUT2D eigenvalue weighted by atomic mass is 16.1. The molecule has 0 aliphatic carbocycles. The van der Waals surface area contributed by atoms with Gasteiger partial charge in [-0.3, -0.25) is 4.79 Å². The van der Waals surface area contributed by atoms with Crippen LogP contribution in [-0.4, -0.2) is 26.0 Å². The van der Waals surface area contributed by atoms with E-state index in [0.717, 1.165) is 13.0 Å². The molecule has 0 fully saturated rings. The van der Waals surface area contributed by atoms with Gasteiger partial charge >= 0.3 is 0 Å². The van der Waals surface area contributed by atoms with E-state index in [0.29, 0.717) is 13.0 Å². The monoisotopic (exact) mass is 248 g/mol. The molecule has 0 atom stereocenters. The Morgan fingerprint density at radius 1 is 1.22 bits per heavy atom. The molecule has 0 radical (unpaired) electrons. The first-order chi connectivity index (χ1) is 8.53. The second kappa shape index (κ2) is 7.17. The third-order valence-electron chi connectivity index (χ3n) is 2.89. The number of nitrogens with one attached hydrogen (secondary N) is 2. The molecule has 0 unspecified atom stereocenters. The molecule has 1 rings (SSSR count). The minimum atomic E-state index is 0.0800. The summed E-state index contributed by atoms with van der Waals surface area (Å²) in [6, 6.07) is 10.4. The van der Waals surface area contributed by atoms with Crippen molar-refractivity contribution in [1.29, 1.82) is 0 Å². The smallest absolute Gasteiger partial charge is 0.221 e. The SMILES string of the molecule is CNCCC(=O)NCC(C)(C)Cc1ccccc1. The number of amides is 1. The number of carbonyl (C=O) groups is 1. The zero-order chi connectivity index (χ0) is 13.4. The second-order valence-corrected chi connectivity index (χ2v) is 5.46. The molecule has 1 aromatic rings. The molecular formula is C15H24N2O. The average Bonchev–Trinajstić information content (AvgIpc) is 2.35. The van der Waals surface area contributed by atoms with Crippen LogP contribution in [0.5, 0.6) is 0 Å². The van der Waals surface area contributed by atoms with Crippen molar-refractivity contribution in [3.8, 4) is 0 Å². The van der Waals surface area contributed by atoms with Gasteiger partial charge in [-0.25, -0.2) is 0 Å². The summed E-state index contributed by atoms with van der Waals surface area (Å²) in [5.41, 5.74) is 1.39. The lowest BCUT2D eigenvalue weighted by Crippen LogP contribution is -2.36. The van der Waals surface area contributed by atoms with Crippen LogP contribution in [0, 0.1) is 5.41 Å². The molecule has 18 heavy (non-hydrogen) atoms. The molecular weight excluding hydrogens is 224 g/mol. The van der Waals surface area contributed by atoms with Crippen LogP contribution >= 0.6 is 0 Å². The molecule has 0 spiro atoms. The maximum absolute atomic E-state index is 11.5. The van der Waals surface area contributed by atoms with Crippen molar-refractivity contribution in [2.24, 2.45) is 5.41 Å². The highest BCUT2D eigenvalue weighted by Gasteiger charge is 2.19. The molecule has 0 aliphatic rings. The van der Waals surface area contributed by atoms with E-state index in [-0.39, 0.29) is 11.3 Å². The standard InChI is InChI=1S/C15H24N2O/c1-15(2,11-13-7-5-4-6-8-13)12-17-14(18)9-10-16-3/h4-8,16H,9-12H2,1-3H3,(H,17,18). The fourth-order valence-electron chi connectivity index (χ4n) is 1.88. The predicted molar refractivity (Wildman–Crippen MR) is 75.5 cm³/mol. The maximum Gasteiger partial charge on any atom is 0.221 e. The van der Waals surface area contributed by atoms with E-state index in [1.165, 1.54) is 5.56 Å². The molecule has 0 bridgehead atoms. The molecule has 100 valence electrons. The van der Waals surface area contributed by atoms with Crippen molar-refractivity contribution in [2.45, 2.75) is 26.7 Å². The predicted octanol–water partition coefficient (Wildman–Crippen LogP) is 1.98. The topological polar surface area (TPSA) is 41.1 Å². The second-order valence-electron chi connectivity index (χ2n) is 5.46. The van der Waals surface area contributed by atoms with Gasteiger partial charge in [-0.15, -0.1) is 0 Å². The molecule has 0 heterocycles. The lowest BCUT2D eigenvalue weighted by molar-refractivity contribution is -0.121. The number of hydrogen-bond acceptors (Lipinski definition) is 2. The first-order valence-electron chi connectivity index (χ1n) is 6.49. The third-order valence-corrected chi connectivity index (χ3v) is 2.89. The molecule has 1 aromatic carbocycles. The van der Waals surface area contributed by atoms with Gasteiger partial charge < -0.3 is 10.6 Å². The highest BCUT2D eigenvalue weighted by Crippen LogP contribution is 2.20. The molecule has 1 amide bonds. The van der Waals surface area contributed by atoms with Crippen LogP contribution in [0.4, 0.5) is 0 Å². The van der Waals surface area contributed by atoms with E-state index in [9.17, 15) is 4.79 Å². The minimum Gasteiger partial charge on any atom is -0.356 e. The van der Waals surface area contributed by atoms with Gasteiger partial charge in [0.15, 0.2) is 0 Å². The summed E-state index contributed by atoms with van der Waals surface area (Å²) in [4.78, 5) is 11.5. The van der Waals surface area contributed by atoms with E-state index in [2.05, 4.69) is 48.7 Å². The van der Waals surface area contributed by atoms with Crippen molar-refractivity contribution in [1.82, 2.24) is 10.6 Å². The molecule has 2 N–H and O–H groups in total. The number of carbonyl (C=O) groups excluding carboxylic acids is 1. The summed E-state index contributed by atoms with van der Waals surface area (Å²) in [6.07, 6.45) is 1.51. The summed E-state index contributed by atoms with van der Waals surface area (Å²) in [5, 5.41) is 5.97. The quantitative estimate of drug-likeness (QED) is 0.774. The third kappa shape index (κ3) is 5.82. The van der Waals surface area contributed by atoms with Crippen LogP contribution in [0.25, 0.3) is 0 Å². The van der Waals surface area contributed by atoms with Crippen molar-refractivity contribution >= 4 is 5.91 Å². The van der Waals surface area contributed by atoms with Crippen LogP contribution in [0.3, 0.4) is 0 Å². The van der Waals surface area contributed by atoms with E-state index in [4.69, 9.17) is 0 Å². The van der Waals surface area contributed by atoms with Crippen molar-refractivity contribution in [3.05, 3.63) is 35.9 Å². The Bertz CT molecular complexity index is 360. The van der Waals surface area contributed by atoms with Crippen LogP contribution in [0.15, 0.2) is 30.3 Å². The Kier molecular flexibility index (Phi) is 5.86. The summed E-state index contributed by atoms with van der Waals surface area (Å²) < 4.78 is 0. The first kappa shape index (κ1) is 14.7. The normalized spacial score (nSPS) is 11.3. The molecule has 0 saturated carbocycles. The van der Waals surface area contributed by atoms with Gasteiger partial charge in [0.05, 0.1) is 0 Å². The van der Waals surface area contributed by atoms with Gasteiger partial charge in [0.2, 0.25) is 5.91 Å². The molecule has 0 aromatic heterocycles. The van der Waals surface area contributed by atoms with Crippen LogP contribution in [-0.2, 0) is 11.2 Å². The summed E-state index contributed by atoms with van der Waals surface area (Å²) in [5.74, 6) is 0.116. The first-order valence-corrected chi connectivity index (χ1v) is 6.49. The fraction of sp³-hybridized carbons (Fsp3) is 0.533. The molecule has 3 nitrogen and oxygen atoms in total. The number of hydrogen-bond donors (Lipinski definition) is 2. The van der Waals surface area contributed by atoms with E-state index in [1.807, 2.05) is 13.1 Å². The Morgan fingerprint density at radius 3 is 2.50 bits per heavy atom. The van der Waals surface area contributed by atoms with Crippen molar-refractivity contribution < 1.29 is 4.79 Å². The molecule has 0 aliphatic heterocycles. The Hall–Kier alpha value is -1.35. The summed E-state index contributed by atoms with van der Waals surface area (Å²) in [7, 11) is 1.85. The summed E-state index contributed by atoms with van der Waals surface area (Å²) in [6.45, 7) is 5.80. The largest absolute Gasteiger partial charge is 0.356 e. The van der Waals surface area contributed by atoms with Crippen molar-refractivity contribution in [2.75, 3.05) is 20.1 Å². The van der Waals surface area contributed by atoms with Gasteiger partial charge in [-0.1, -0.05) is 44.2 Å². The minimum absolute atomic E-state index is 0.0800. The van der Waals surface area contributed by atoms with Gasteiger partial charge in [0.1, 0.15) is 0 Å². The summed E-state index contributed by atoms with van der Waals surface area (Å²) >= 11 is 0. The lowest BCUT2D eigenvalue weighted by atomic mass is 9.85. The fourth-order valence-corrected chi connectivity index (χ4v) is 1.88. The van der Waals surface area contributed by atoms with Crippen LogP contribution < -0.4 is 10.6 Å². The van der Waals surface area contributed by atoms with Crippen LogP contribution in [0.2, 0.25) is 0 Å². The zero-order valence-electron chi connectivity index (χ0n) is 11.6. The Balaban J connectivity index is 2.38. The van der Waals surface area contributed by atoms with Gasteiger partial charge in [-0.05, 0) is 24.4 Å². The van der Waals surface area contributed by atoms with Gasteiger partial charge in [0, 0.05) is 19.5 Å². The molecule has 0 saturated heterocycles. The highest BCUT2D eigenvalue weighted by molar-refractivity contribution is 5.76. The van der Waals surface area contributed by atoms with E-state index in [1.54, 1.807) is 0 Å². The lowest BCUT2D eigenvalue weighted by Gasteiger charge is -2.25. The Morgan fingerprint density at radius 2 is 1.89 bits per heavy atom. The maximum atomic E-state index is 11.5. The average molecular weight is 248 g/mol. The number of rotatable bonds is 7. The Labute approximate surface area is 110 Å². The van der Waals surface area contributed by atoms with E-state index >= 15 is 0 Å². The zero-order valence-corrected chi connectivity index (χ0v) is 11.6. The number of benzene rings is 1. The van der Waals surface area contributed by atoms with Gasteiger partial charge in [-0.2, -0.15) is 0 Å². The van der Waals surface area contributed by atoms with E-state index < -0.39 is 0 Å². The van der Waals surface area contributed by atoms with Gasteiger partial charge in [0.25, 0.3) is 0 Å². The van der Waals surface area contributed by atoms with Crippen LogP contribution in [0.1, 0.15) is 25.8 Å². The van der Waals surface area contributed by atoms with Crippen molar-refractivity contribution in [3.63, 3.8) is 0 Å².